The second kappa shape index (κ2) is 14.7. The smallest absolute Gasteiger partial charge is 0.423 e. The second-order valence-electron chi connectivity index (χ2n) is 13.6. The van der Waals surface area contributed by atoms with Gasteiger partial charge in [-0.3, -0.25) is 9.59 Å². The number of benzene rings is 3. The van der Waals surface area contributed by atoms with Crippen LogP contribution in [-0.4, -0.2) is 61.7 Å². The highest BCUT2D eigenvalue weighted by Gasteiger charge is 2.60. The molecule has 52 heavy (non-hydrogen) atoms. The van der Waals surface area contributed by atoms with Gasteiger partial charge in [0.15, 0.2) is 10.2 Å². The fourth-order valence-corrected chi connectivity index (χ4v) is 8.68. The number of imide groups is 2. The van der Waals surface area contributed by atoms with E-state index in [1.54, 1.807) is 18.7 Å². The Morgan fingerprint density at radius 3 is 1.83 bits per heavy atom. The van der Waals surface area contributed by atoms with Gasteiger partial charge in [-0.2, -0.15) is 9.80 Å². The van der Waals surface area contributed by atoms with Crippen LogP contribution in [0.25, 0.3) is 11.1 Å². The summed E-state index contributed by atoms with van der Waals surface area (Å²) in [5.41, 5.74) is 3.31. The summed E-state index contributed by atoms with van der Waals surface area (Å²) in [7, 11) is 0. The first-order chi connectivity index (χ1) is 24.9. The molecule has 0 radical (unpaired) electrons. The predicted octanol–water partition coefficient (Wildman–Crippen LogP) is 8.85. The standard InChI is InChI=1S/C40H44N4O6S2/c1-6-23-39(7-2)33(45)41(37(47)49-8-3)35(51)43(39)32-21-17-30(18-22-32)29-15-13-28(14-16-29)27(5)50-38(48)42-34(46)40(24-9-10-25-40)44(36(42)52)31-19-11-26(4)12-20-31/h11-22,27H,6-10,23-25H2,1-5H3. The van der Waals surface area contributed by atoms with Crippen molar-refractivity contribution in [3.63, 3.8) is 0 Å². The van der Waals surface area contributed by atoms with Crippen LogP contribution in [0.4, 0.5) is 21.0 Å². The molecule has 2 unspecified atom stereocenters. The third kappa shape index (κ3) is 6.15. The fourth-order valence-electron chi connectivity index (χ4n) is 7.80. The van der Waals surface area contributed by atoms with Crippen LogP contribution < -0.4 is 9.80 Å². The van der Waals surface area contributed by atoms with E-state index >= 15 is 0 Å². The van der Waals surface area contributed by atoms with Gasteiger partial charge in [-0.25, -0.2) is 9.59 Å². The van der Waals surface area contributed by atoms with Crippen molar-refractivity contribution >= 4 is 70.0 Å². The van der Waals surface area contributed by atoms with Crippen LogP contribution in [-0.2, 0) is 19.1 Å². The lowest BCUT2D eigenvalue weighted by atomic mass is 9.88. The number of thiocarbonyl (C=S) groups is 2. The first-order valence-electron chi connectivity index (χ1n) is 18.0. The van der Waals surface area contributed by atoms with Gasteiger partial charge in [0.1, 0.15) is 17.2 Å². The molecule has 3 aliphatic rings. The molecule has 0 N–H and O–H groups in total. The molecule has 2 saturated heterocycles. The highest BCUT2D eigenvalue weighted by Crippen LogP contribution is 2.45. The molecule has 3 aromatic rings. The van der Waals surface area contributed by atoms with E-state index in [1.165, 1.54) is 0 Å². The molecule has 6 rings (SSSR count). The summed E-state index contributed by atoms with van der Waals surface area (Å²) in [5, 5.41) is 0.252. The average molecular weight is 741 g/mol. The quantitative estimate of drug-likeness (QED) is 0.198. The maximum Gasteiger partial charge on any atom is 0.423 e. The molecule has 10 nitrogen and oxygen atoms in total. The van der Waals surface area contributed by atoms with E-state index in [2.05, 4.69) is 0 Å². The van der Waals surface area contributed by atoms with Crippen molar-refractivity contribution in [1.29, 1.82) is 0 Å². The van der Waals surface area contributed by atoms with E-state index in [-0.39, 0.29) is 28.6 Å². The van der Waals surface area contributed by atoms with Gasteiger partial charge in [0, 0.05) is 11.4 Å². The SMILES string of the molecule is CCCC1(CC)C(=O)N(C(=O)OCC)C(=S)N1c1ccc(-c2ccc(C(C)OC(=O)N3C(=O)C4(CCCC4)N(c4ccc(C)cc4)C3=S)cc2)cc1. The number of ether oxygens (including phenoxy) is 2. The molecule has 3 aromatic carbocycles. The summed E-state index contributed by atoms with van der Waals surface area (Å²) in [6.45, 7) is 9.51. The van der Waals surface area contributed by atoms with E-state index in [9.17, 15) is 19.2 Å². The first-order valence-corrected chi connectivity index (χ1v) is 18.8. The zero-order chi connectivity index (χ0) is 37.4. The molecular weight excluding hydrogens is 697 g/mol. The van der Waals surface area contributed by atoms with Crippen LogP contribution in [0.5, 0.6) is 0 Å². The molecule has 2 heterocycles. The van der Waals surface area contributed by atoms with Gasteiger partial charge >= 0.3 is 12.2 Å². The maximum atomic E-state index is 13.9. The molecular formula is C40H44N4O6S2. The Labute approximate surface area is 315 Å². The summed E-state index contributed by atoms with van der Waals surface area (Å²) in [4.78, 5) is 59.6. The van der Waals surface area contributed by atoms with Gasteiger partial charge in [0.2, 0.25) is 0 Å². The Balaban J connectivity index is 1.17. The minimum atomic E-state index is -0.991. The van der Waals surface area contributed by atoms with Gasteiger partial charge in [0.05, 0.1) is 6.61 Å². The number of hydrogen-bond acceptors (Lipinski definition) is 8. The van der Waals surface area contributed by atoms with Crippen molar-refractivity contribution in [1.82, 2.24) is 9.80 Å². The summed E-state index contributed by atoms with van der Waals surface area (Å²) < 4.78 is 11.0. The van der Waals surface area contributed by atoms with Crippen molar-refractivity contribution in [3.05, 3.63) is 83.9 Å². The summed E-state index contributed by atoms with van der Waals surface area (Å²) in [5.74, 6) is -0.697. The maximum absolute atomic E-state index is 13.9. The third-order valence-electron chi connectivity index (χ3n) is 10.5. The minimum absolute atomic E-state index is 0.108. The van der Waals surface area contributed by atoms with E-state index in [1.807, 2.05) is 98.5 Å². The number of aryl methyl sites for hydroxylation is 1. The lowest BCUT2D eigenvalue weighted by Crippen LogP contribution is -2.49. The molecule has 3 fully saturated rings. The summed E-state index contributed by atoms with van der Waals surface area (Å²) in [6, 6.07) is 23.2. The average Bonchev–Trinajstić information content (AvgIpc) is 3.77. The summed E-state index contributed by atoms with van der Waals surface area (Å²) in [6.07, 6.45) is 2.51. The number of hydrogen-bond donors (Lipinski definition) is 0. The van der Waals surface area contributed by atoms with Crippen molar-refractivity contribution in [2.75, 3.05) is 16.4 Å². The summed E-state index contributed by atoms with van der Waals surface area (Å²) >= 11 is 11.5. The molecule has 0 bridgehead atoms. The van der Waals surface area contributed by atoms with E-state index < -0.39 is 29.4 Å². The topological polar surface area (TPSA) is 99.7 Å². The molecule has 1 aliphatic carbocycles. The third-order valence-corrected chi connectivity index (χ3v) is 11.3. The minimum Gasteiger partial charge on any atom is -0.449 e. The number of rotatable bonds is 9. The Bertz CT molecular complexity index is 1890. The van der Waals surface area contributed by atoms with Crippen LogP contribution in [0.1, 0.15) is 89.9 Å². The molecule has 2 atom stereocenters. The molecule has 1 saturated carbocycles. The van der Waals surface area contributed by atoms with Crippen molar-refractivity contribution in [2.45, 2.75) is 96.7 Å². The van der Waals surface area contributed by atoms with Crippen molar-refractivity contribution in [2.24, 2.45) is 0 Å². The zero-order valence-corrected chi connectivity index (χ0v) is 31.9. The van der Waals surface area contributed by atoms with Gasteiger partial charge in [0.25, 0.3) is 11.8 Å². The Morgan fingerprint density at radius 1 is 0.750 bits per heavy atom. The van der Waals surface area contributed by atoms with Crippen LogP contribution in [0.15, 0.2) is 72.8 Å². The number of anilines is 2. The Hall–Kier alpha value is -4.68. The number of nitrogens with zero attached hydrogens (tertiary/aromatic N) is 4. The zero-order valence-electron chi connectivity index (χ0n) is 30.2. The molecule has 2 aliphatic heterocycles. The highest BCUT2D eigenvalue weighted by molar-refractivity contribution is 7.80. The van der Waals surface area contributed by atoms with Crippen LogP contribution in [0.2, 0.25) is 0 Å². The van der Waals surface area contributed by atoms with Crippen LogP contribution >= 0.6 is 24.4 Å². The van der Waals surface area contributed by atoms with E-state index in [0.717, 1.165) is 57.0 Å². The normalized spacial score (nSPS) is 20.3. The van der Waals surface area contributed by atoms with Crippen LogP contribution in [0.3, 0.4) is 0 Å². The van der Waals surface area contributed by atoms with Crippen molar-refractivity contribution in [3.8, 4) is 11.1 Å². The van der Waals surface area contributed by atoms with Gasteiger partial charge in [-0.05, 0) is 112 Å². The number of amides is 4. The first kappa shape index (κ1) is 37.1. The molecule has 272 valence electrons. The molecule has 12 heteroatoms. The molecule has 0 aromatic heterocycles. The number of carbonyl (C=O) groups excluding carboxylic acids is 4. The lowest BCUT2D eigenvalue weighted by Gasteiger charge is -2.35. The van der Waals surface area contributed by atoms with E-state index in [0.29, 0.717) is 31.4 Å². The number of carbonyl (C=O) groups is 4. The fraction of sp³-hybridized carbons (Fsp3) is 0.400. The van der Waals surface area contributed by atoms with Gasteiger partial charge < -0.3 is 19.3 Å². The predicted molar refractivity (Wildman–Crippen MR) is 208 cm³/mol. The largest absolute Gasteiger partial charge is 0.449 e. The highest BCUT2D eigenvalue weighted by atomic mass is 32.1. The van der Waals surface area contributed by atoms with E-state index in [4.69, 9.17) is 33.9 Å². The lowest BCUT2D eigenvalue weighted by molar-refractivity contribution is -0.130. The molecule has 1 spiro atoms. The monoisotopic (exact) mass is 740 g/mol. The Morgan fingerprint density at radius 2 is 1.27 bits per heavy atom. The Kier molecular flexibility index (Phi) is 10.5. The molecule has 4 amide bonds. The van der Waals surface area contributed by atoms with Crippen molar-refractivity contribution < 1.29 is 28.7 Å². The van der Waals surface area contributed by atoms with Gasteiger partial charge in [-0.15, -0.1) is 0 Å². The van der Waals surface area contributed by atoms with Crippen LogP contribution in [0, 0.1) is 6.92 Å². The van der Waals surface area contributed by atoms with Gasteiger partial charge in [-0.1, -0.05) is 87.2 Å². The second-order valence-corrected chi connectivity index (χ2v) is 14.4.